The number of carbonyl (C=O) groups excluding carboxylic acids is 2. The van der Waals surface area contributed by atoms with Gasteiger partial charge in [-0.1, -0.05) is 19.1 Å². The summed E-state index contributed by atoms with van der Waals surface area (Å²) in [6, 6.07) is 9.81. The lowest BCUT2D eigenvalue weighted by atomic mass is 10.0. The second-order valence-corrected chi connectivity index (χ2v) is 7.62. The summed E-state index contributed by atoms with van der Waals surface area (Å²) in [6.45, 7) is 9.28. The minimum absolute atomic E-state index is 0.000826. The highest BCUT2D eigenvalue weighted by molar-refractivity contribution is 6.02. The summed E-state index contributed by atoms with van der Waals surface area (Å²) in [7, 11) is 0. The molecule has 0 bridgehead atoms. The number of aryl methyl sites for hydroxylation is 1. The van der Waals surface area contributed by atoms with Crippen molar-refractivity contribution in [3.8, 4) is 6.07 Å². The molecule has 29 heavy (non-hydrogen) atoms. The third-order valence-electron chi connectivity index (χ3n) is 5.58. The van der Waals surface area contributed by atoms with E-state index in [1.165, 1.54) is 5.56 Å². The van der Waals surface area contributed by atoms with Crippen molar-refractivity contribution in [2.45, 2.75) is 40.2 Å². The smallest absolute Gasteiger partial charge is 0.270 e. The Hall–Kier alpha value is -2.91. The van der Waals surface area contributed by atoms with E-state index in [2.05, 4.69) is 16.0 Å². The molecule has 1 aromatic carbocycles. The van der Waals surface area contributed by atoms with Crippen molar-refractivity contribution in [3.63, 3.8) is 0 Å². The van der Waals surface area contributed by atoms with Gasteiger partial charge < -0.3 is 9.88 Å². The van der Waals surface area contributed by atoms with Crippen molar-refractivity contribution in [2.24, 2.45) is 0 Å². The van der Waals surface area contributed by atoms with Gasteiger partial charge in [0, 0.05) is 44.0 Å². The summed E-state index contributed by atoms with van der Waals surface area (Å²) in [5.41, 5.74) is 4.67. The van der Waals surface area contributed by atoms with Crippen LogP contribution in [0, 0.1) is 18.3 Å². The summed E-state index contributed by atoms with van der Waals surface area (Å²) in [5.74, 6) is -0.0169. The number of carbonyl (C=O) groups is 2. The van der Waals surface area contributed by atoms with Crippen LogP contribution in [0.25, 0.3) is 0 Å². The molecular weight excluding hydrogens is 364 g/mol. The van der Waals surface area contributed by atoms with Crippen LogP contribution in [-0.2, 0) is 13.0 Å². The molecule has 0 atom stereocenters. The van der Waals surface area contributed by atoms with E-state index in [0.717, 1.165) is 37.3 Å². The summed E-state index contributed by atoms with van der Waals surface area (Å²) in [4.78, 5) is 32.6. The van der Waals surface area contributed by atoms with Gasteiger partial charge in [0.25, 0.3) is 5.91 Å². The first kappa shape index (κ1) is 20.8. The van der Waals surface area contributed by atoms with E-state index in [0.29, 0.717) is 36.3 Å². The second kappa shape index (κ2) is 9.06. The number of aromatic nitrogens is 1. The molecule has 2 heterocycles. The van der Waals surface area contributed by atoms with Crippen LogP contribution in [-0.4, -0.2) is 52.7 Å². The number of aromatic amines is 1. The molecule has 3 rings (SSSR count). The fourth-order valence-electron chi connectivity index (χ4n) is 4.12. The van der Waals surface area contributed by atoms with Gasteiger partial charge in [0.15, 0.2) is 5.78 Å². The quantitative estimate of drug-likeness (QED) is 0.792. The Morgan fingerprint density at radius 3 is 2.48 bits per heavy atom. The number of Topliss-reactive ketones (excluding diaryl/α,β-unsaturated/α-hetero) is 1. The van der Waals surface area contributed by atoms with E-state index >= 15 is 0 Å². The van der Waals surface area contributed by atoms with Gasteiger partial charge in [-0.25, -0.2) is 0 Å². The van der Waals surface area contributed by atoms with Crippen molar-refractivity contribution in [1.82, 2.24) is 14.8 Å². The number of ketones is 1. The molecule has 1 fully saturated rings. The number of amides is 1. The van der Waals surface area contributed by atoms with Crippen molar-refractivity contribution < 1.29 is 9.59 Å². The molecule has 6 nitrogen and oxygen atoms in total. The summed E-state index contributed by atoms with van der Waals surface area (Å²) >= 11 is 0. The van der Waals surface area contributed by atoms with Crippen LogP contribution < -0.4 is 0 Å². The van der Waals surface area contributed by atoms with Crippen molar-refractivity contribution in [2.75, 3.05) is 26.2 Å². The molecule has 1 saturated heterocycles. The van der Waals surface area contributed by atoms with Gasteiger partial charge in [0.05, 0.1) is 11.6 Å². The largest absolute Gasteiger partial charge is 0.354 e. The fraction of sp³-hybridized carbons (Fsp3) is 0.435. The van der Waals surface area contributed by atoms with Crippen molar-refractivity contribution in [1.29, 1.82) is 5.26 Å². The number of nitriles is 1. The zero-order valence-corrected chi connectivity index (χ0v) is 17.4. The van der Waals surface area contributed by atoms with Gasteiger partial charge in [0.1, 0.15) is 5.69 Å². The molecule has 0 unspecified atom stereocenters. The maximum atomic E-state index is 13.2. The molecule has 0 spiro atoms. The molecule has 6 heteroatoms. The maximum absolute atomic E-state index is 13.2. The van der Waals surface area contributed by atoms with Crippen molar-refractivity contribution in [3.05, 3.63) is 57.9 Å². The number of rotatable bonds is 5. The van der Waals surface area contributed by atoms with E-state index in [1.54, 1.807) is 6.92 Å². The minimum atomic E-state index is -0.0160. The van der Waals surface area contributed by atoms with E-state index in [9.17, 15) is 9.59 Å². The first-order chi connectivity index (χ1) is 13.9. The Bertz CT molecular complexity index is 937. The van der Waals surface area contributed by atoms with Gasteiger partial charge in [0.2, 0.25) is 0 Å². The SMILES string of the molecule is CCc1c(C(=O)N2CCCN(Cc3ccc(C#N)cc3)CC2)[nH]c(C)c1C(C)=O. The first-order valence-electron chi connectivity index (χ1n) is 10.2. The third-order valence-corrected chi connectivity index (χ3v) is 5.58. The summed E-state index contributed by atoms with van der Waals surface area (Å²) < 4.78 is 0. The van der Waals surface area contributed by atoms with Gasteiger partial charge in [-0.05, 0) is 49.9 Å². The number of hydrogen-bond donors (Lipinski definition) is 1. The van der Waals surface area contributed by atoms with Crippen LogP contribution >= 0.6 is 0 Å². The minimum Gasteiger partial charge on any atom is -0.354 e. The van der Waals surface area contributed by atoms with Crippen LogP contribution in [0.15, 0.2) is 24.3 Å². The van der Waals surface area contributed by atoms with Crippen LogP contribution in [0.3, 0.4) is 0 Å². The Morgan fingerprint density at radius 1 is 1.14 bits per heavy atom. The number of benzene rings is 1. The Kier molecular flexibility index (Phi) is 6.50. The molecule has 0 saturated carbocycles. The predicted octanol–water partition coefficient (Wildman–Crippen LogP) is 3.31. The molecule has 0 aliphatic carbocycles. The van der Waals surface area contributed by atoms with Crippen LogP contribution in [0.1, 0.15) is 63.5 Å². The standard InChI is InChI=1S/C23H28N4O2/c1-4-20-21(17(3)28)16(2)25-22(20)23(29)27-11-5-10-26(12-13-27)15-19-8-6-18(14-24)7-9-19/h6-9,25H,4-5,10-13,15H2,1-3H3. The number of hydrogen-bond acceptors (Lipinski definition) is 4. The lowest BCUT2D eigenvalue weighted by Gasteiger charge is -2.22. The van der Waals surface area contributed by atoms with E-state index in [-0.39, 0.29) is 11.7 Å². The maximum Gasteiger partial charge on any atom is 0.270 e. The lowest BCUT2D eigenvalue weighted by Crippen LogP contribution is -2.35. The van der Waals surface area contributed by atoms with E-state index < -0.39 is 0 Å². The molecular formula is C23H28N4O2. The molecule has 152 valence electrons. The van der Waals surface area contributed by atoms with Crippen LogP contribution in [0.5, 0.6) is 0 Å². The zero-order valence-electron chi connectivity index (χ0n) is 17.4. The lowest BCUT2D eigenvalue weighted by molar-refractivity contribution is 0.0754. The Morgan fingerprint density at radius 2 is 1.86 bits per heavy atom. The normalized spacial score (nSPS) is 15.0. The topological polar surface area (TPSA) is 80.2 Å². The highest BCUT2D eigenvalue weighted by atomic mass is 16.2. The average Bonchev–Trinajstić information content (AvgIpc) is 2.89. The molecule has 1 N–H and O–H groups in total. The summed E-state index contributed by atoms with van der Waals surface area (Å²) in [6.07, 6.45) is 1.56. The molecule has 1 aliphatic rings. The van der Waals surface area contributed by atoms with Gasteiger partial charge in [-0.2, -0.15) is 5.26 Å². The van der Waals surface area contributed by atoms with E-state index in [4.69, 9.17) is 5.26 Å². The molecule has 2 aromatic rings. The number of nitrogens with one attached hydrogen (secondary N) is 1. The van der Waals surface area contributed by atoms with Gasteiger partial charge in [-0.3, -0.25) is 14.5 Å². The fourth-order valence-corrected chi connectivity index (χ4v) is 4.12. The third kappa shape index (κ3) is 4.57. The molecule has 1 aromatic heterocycles. The number of nitrogens with zero attached hydrogens (tertiary/aromatic N) is 3. The van der Waals surface area contributed by atoms with Crippen LogP contribution in [0.4, 0.5) is 0 Å². The highest BCUT2D eigenvalue weighted by Crippen LogP contribution is 2.22. The molecule has 0 radical (unpaired) electrons. The Balaban J connectivity index is 1.69. The van der Waals surface area contributed by atoms with E-state index in [1.807, 2.05) is 43.0 Å². The van der Waals surface area contributed by atoms with Gasteiger partial charge in [-0.15, -0.1) is 0 Å². The zero-order chi connectivity index (χ0) is 21.0. The highest BCUT2D eigenvalue weighted by Gasteiger charge is 2.26. The molecule has 1 aliphatic heterocycles. The van der Waals surface area contributed by atoms with Crippen molar-refractivity contribution >= 4 is 11.7 Å². The monoisotopic (exact) mass is 392 g/mol. The second-order valence-electron chi connectivity index (χ2n) is 7.62. The average molecular weight is 393 g/mol. The molecule has 1 amide bonds. The Labute approximate surface area is 172 Å². The summed E-state index contributed by atoms with van der Waals surface area (Å²) in [5, 5.41) is 8.93. The first-order valence-corrected chi connectivity index (χ1v) is 10.2. The van der Waals surface area contributed by atoms with Gasteiger partial charge >= 0.3 is 0 Å². The number of H-pyrrole nitrogens is 1. The predicted molar refractivity (Wildman–Crippen MR) is 112 cm³/mol. The van der Waals surface area contributed by atoms with Crippen LogP contribution in [0.2, 0.25) is 0 Å².